The van der Waals surface area contributed by atoms with Gasteiger partial charge >= 0.3 is 0 Å². The molecule has 0 aliphatic carbocycles. The lowest BCUT2D eigenvalue weighted by Gasteiger charge is -1.86. The lowest BCUT2D eigenvalue weighted by Crippen LogP contribution is -1.75. The van der Waals surface area contributed by atoms with Crippen molar-refractivity contribution in [3.8, 4) is 0 Å². The average molecular weight is 126 g/mol. The normalized spacial score (nSPS) is 5.89. The van der Waals surface area contributed by atoms with Gasteiger partial charge in [-0.3, -0.25) is 0 Å². The SMILES string of the molecule is C=CC.C=CCOC=C. The van der Waals surface area contributed by atoms with Crippen molar-refractivity contribution in [3.05, 3.63) is 38.2 Å². The molecule has 0 aromatic heterocycles. The molecule has 0 atom stereocenters. The van der Waals surface area contributed by atoms with E-state index in [1.165, 1.54) is 6.26 Å². The summed E-state index contributed by atoms with van der Waals surface area (Å²) in [5.74, 6) is 0. The second kappa shape index (κ2) is 15.7. The second-order valence-electron chi connectivity index (χ2n) is 1.20. The molecule has 0 radical (unpaired) electrons. The smallest absolute Gasteiger partial charge is 0.105 e. The van der Waals surface area contributed by atoms with Crippen molar-refractivity contribution in [2.45, 2.75) is 6.92 Å². The fourth-order valence-corrected chi connectivity index (χ4v) is 0.136. The van der Waals surface area contributed by atoms with Crippen LogP contribution in [-0.4, -0.2) is 6.61 Å². The van der Waals surface area contributed by atoms with Gasteiger partial charge in [-0.2, -0.15) is 0 Å². The van der Waals surface area contributed by atoms with Crippen LogP contribution >= 0.6 is 0 Å². The van der Waals surface area contributed by atoms with Gasteiger partial charge in [0.15, 0.2) is 0 Å². The number of ether oxygens (including phenoxy) is 1. The fourth-order valence-electron chi connectivity index (χ4n) is 0.136. The summed E-state index contributed by atoms with van der Waals surface area (Å²) < 4.78 is 4.63. The third kappa shape index (κ3) is 43.4. The number of hydrogen-bond acceptors (Lipinski definition) is 1. The van der Waals surface area contributed by atoms with E-state index in [4.69, 9.17) is 0 Å². The highest BCUT2D eigenvalue weighted by atomic mass is 16.5. The van der Waals surface area contributed by atoms with Gasteiger partial charge in [0.25, 0.3) is 0 Å². The van der Waals surface area contributed by atoms with Crippen LogP contribution in [0.5, 0.6) is 0 Å². The second-order valence-corrected chi connectivity index (χ2v) is 1.20. The monoisotopic (exact) mass is 126 g/mol. The zero-order valence-electron chi connectivity index (χ0n) is 5.97. The maximum absolute atomic E-state index is 4.63. The van der Waals surface area contributed by atoms with E-state index in [9.17, 15) is 0 Å². The Morgan fingerprint density at radius 1 is 1.33 bits per heavy atom. The Labute approximate surface area is 57.3 Å². The summed E-state index contributed by atoms with van der Waals surface area (Å²) in [5.41, 5.74) is 0. The lowest BCUT2D eigenvalue weighted by atomic mass is 10.7. The summed E-state index contributed by atoms with van der Waals surface area (Å²) >= 11 is 0. The van der Waals surface area contributed by atoms with Crippen LogP contribution in [0.1, 0.15) is 6.92 Å². The first-order chi connectivity index (χ1) is 4.33. The zero-order valence-corrected chi connectivity index (χ0v) is 5.97. The molecule has 0 aromatic carbocycles. The van der Waals surface area contributed by atoms with Gasteiger partial charge < -0.3 is 4.74 Å². The van der Waals surface area contributed by atoms with Crippen LogP contribution in [0.15, 0.2) is 38.2 Å². The van der Waals surface area contributed by atoms with E-state index < -0.39 is 0 Å². The summed E-state index contributed by atoms with van der Waals surface area (Å²) in [6.45, 7) is 12.6. The Balaban J connectivity index is 0. The van der Waals surface area contributed by atoms with Gasteiger partial charge in [0.1, 0.15) is 6.61 Å². The van der Waals surface area contributed by atoms with Crippen molar-refractivity contribution >= 4 is 0 Å². The first-order valence-electron chi connectivity index (χ1n) is 2.73. The Bertz CT molecular complexity index is 66.6. The van der Waals surface area contributed by atoms with E-state index in [1.807, 2.05) is 6.92 Å². The molecule has 0 rings (SSSR count). The molecule has 0 fully saturated rings. The van der Waals surface area contributed by atoms with Gasteiger partial charge in [-0.1, -0.05) is 25.3 Å². The number of allylic oxidation sites excluding steroid dienone is 1. The summed E-state index contributed by atoms with van der Waals surface area (Å²) in [5, 5.41) is 0. The maximum Gasteiger partial charge on any atom is 0.105 e. The molecule has 0 bridgehead atoms. The molecular formula is C8H14O. The third-order valence-electron chi connectivity index (χ3n) is 0.332. The van der Waals surface area contributed by atoms with E-state index in [2.05, 4.69) is 24.5 Å². The highest BCUT2D eigenvalue weighted by Gasteiger charge is 1.61. The van der Waals surface area contributed by atoms with Gasteiger partial charge in [-0.05, 0) is 6.92 Å². The lowest BCUT2D eigenvalue weighted by molar-refractivity contribution is 0.291. The topological polar surface area (TPSA) is 9.23 Å². The van der Waals surface area contributed by atoms with Gasteiger partial charge in [-0.15, -0.1) is 6.58 Å². The predicted molar refractivity (Wildman–Crippen MR) is 42.2 cm³/mol. The van der Waals surface area contributed by atoms with Crippen LogP contribution in [-0.2, 0) is 4.74 Å². The van der Waals surface area contributed by atoms with Crippen molar-refractivity contribution < 1.29 is 4.74 Å². The van der Waals surface area contributed by atoms with Crippen LogP contribution in [0.4, 0.5) is 0 Å². The highest BCUT2D eigenvalue weighted by Crippen LogP contribution is 1.69. The van der Waals surface area contributed by atoms with Gasteiger partial charge in [-0.25, -0.2) is 0 Å². The predicted octanol–water partition coefficient (Wildman–Crippen LogP) is 2.52. The molecule has 0 aliphatic heterocycles. The summed E-state index contributed by atoms with van der Waals surface area (Å²) in [6.07, 6.45) is 4.81. The van der Waals surface area contributed by atoms with Crippen LogP contribution in [0, 0.1) is 0 Å². The van der Waals surface area contributed by atoms with Crippen molar-refractivity contribution in [1.82, 2.24) is 0 Å². The molecule has 52 valence electrons. The minimum Gasteiger partial charge on any atom is -0.498 e. The van der Waals surface area contributed by atoms with Crippen molar-refractivity contribution in [1.29, 1.82) is 0 Å². The Kier molecular flexibility index (Phi) is 19.1. The zero-order chi connectivity index (χ0) is 7.54. The molecule has 0 aromatic rings. The molecule has 0 saturated heterocycles. The molecule has 0 amide bonds. The quantitative estimate of drug-likeness (QED) is 0.321. The summed E-state index contributed by atoms with van der Waals surface area (Å²) in [4.78, 5) is 0. The molecule has 1 nitrogen and oxygen atoms in total. The number of hydrogen-bond donors (Lipinski definition) is 0. The molecule has 0 aliphatic rings. The van der Waals surface area contributed by atoms with Gasteiger partial charge in [0.2, 0.25) is 0 Å². The molecule has 0 saturated carbocycles. The third-order valence-corrected chi connectivity index (χ3v) is 0.332. The first-order valence-corrected chi connectivity index (χ1v) is 2.73. The van der Waals surface area contributed by atoms with Crippen LogP contribution in [0.2, 0.25) is 0 Å². The largest absolute Gasteiger partial charge is 0.498 e. The van der Waals surface area contributed by atoms with E-state index in [1.54, 1.807) is 12.2 Å². The van der Waals surface area contributed by atoms with Crippen LogP contribution < -0.4 is 0 Å². The molecule has 1 heteroatoms. The van der Waals surface area contributed by atoms with Crippen molar-refractivity contribution in [3.63, 3.8) is 0 Å². The summed E-state index contributed by atoms with van der Waals surface area (Å²) in [7, 11) is 0. The minimum absolute atomic E-state index is 0.559. The average Bonchev–Trinajstić information content (AvgIpc) is 1.86. The maximum atomic E-state index is 4.63. The Morgan fingerprint density at radius 3 is 1.89 bits per heavy atom. The van der Waals surface area contributed by atoms with E-state index >= 15 is 0 Å². The van der Waals surface area contributed by atoms with E-state index in [-0.39, 0.29) is 0 Å². The fraction of sp³-hybridized carbons (Fsp3) is 0.250. The van der Waals surface area contributed by atoms with E-state index in [0.29, 0.717) is 6.61 Å². The summed E-state index contributed by atoms with van der Waals surface area (Å²) in [6, 6.07) is 0. The van der Waals surface area contributed by atoms with Gasteiger partial charge in [0.05, 0.1) is 6.26 Å². The minimum atomic E-state index is 0.559. The highest BCUT2D eigenvalue weighted by molar-refractivity contribution is 4.65. The van der Waals surface area contributed by atoms with Crippen molar-refractivity contribution in [2.75, 3.05) is 6.61 Å². The van der Waals surface area contributed by atoms with Crippen molar-refractivity contribution in [2.24, 2.45) is 0 Å². The molecule has 0 N–H and O–H groups in total. The molecule has 9 heavy (non-hydrogen) atoms. The molecular weight excluding hydrogens is 112 g/mol. The standard InChI is InChI=1S/C5H8O.C3H6/c1-3-5-6-4-2;1-3-2/h3-4H,1-2,5H2;3H,1H2,2H3. The number of rotatable bonds is 3. The van der Waals surface area contributed by atoms with Crippen LogP contribution in [0.3, 0.4) is 0 Å². The molecule has 0 unspecified atom stereocenters. The molecule has 0 spiro atoms. The van der Waals surface area contributed by atoms with Crippen LogP contribution in [0.25, 0.3) is 0 Å². The Hall–Kier alpha value is -0.980. The van der Waals surface area contributed by atoms with E-state index in [0.717, 1.165) is 0 Å². The molecule has 0 heterocycles. The first kappa shape index (κ1) is 10.9. The Morgan fingerprint density at radius 2 is 1.78 bits per heavy atom. The van der Waals surface area contributed by atoms with Gasteiger partial charge in [0, 0.05) is 0 Å².